The highest BCUT2D eigenvalue weighted by Gasteiger charge is 2.23. The molecule has 7 rings (SSSR count). The average Bonchev–Trinajstić information content (AvgIpc) is 3.28. The molecule has 6 aromatic rings. The zero-order valence-corrected chi connectivity index (χ0v) is 23.3. The second-order valence-corrected chi connectivity index (χ2v) is 11.1. The van der Waals surface area contributed by atoms with Gasteiger partial charge in [-0.1, -0.05) is 66.4 Å². The molecule has 1 aliphatic rings. The van der Waals surface area contributed by atoms with E-state index in [1.54, 1.807) is 11.8 Å². The van der Waals surface area contributed by atoms with Gasteiger partial charge in [0.15, 0.2) is 0 Å². The molecule has 0 spiro atoms. The van der Waals surface area contributed by atoms with Gasteiger partial charge in [0, 0.05) is 44.4 Å². The van der Waals surface area contributed by atoms with E-state index in [2.05, 4.69) is 134 Å². The average molecular weight is 525 g/mol. The van der Waals surface area contributed by atoms with Crippen molar-refractivity contribution < 1.29 is 0 Å². The van der Waals surface area contributed by atoms with Gasteiger partial charge < -0.3 is 9.47 Å². The summed E-state index contributed by atoms with van der Waals surface area (Å²) in [6, 6.07) is 30.2. The summed E-state index contributed by atoms with van der Waals surface area (Å²) in [5.74, 6) is 0.704. The van der Waals surface area contributed by atoms with E-state index >= 15 is 0 Å². The second kappa shape index (κ2) is 9.14. The van der Waals surface area contributed by atoms with E-state index in [1.165, 1.54) is 42.7 Å². The van der Waals surface area contributed by atoms with Crippen LogP contribution in [0.2, 0.25) is 0 Å². The van der Waals surface area contributed by atoms with Crippen LogP contribution in [-0.2, 0) is 0 Å². The summed E-state index contributed by atoms with van der Waals surface area (Å²) in [4.78, 5) is 14.8. The van der Waals surface area contributed by atoms with Gasteiger partial charge in [0.25, 0.3) is 0 Å². The summed E-state index contributed by atoms with van der Waals surface area (Å²) in [5.41, 5.74) is 9.02. The first kappa shape index (κ1) is 23.7. The number of fused-ring (bicyclic) bond motifs is 3. The van der Waals surface area contributed by atoms with E-state index in [4.69, 9.17) is 9.97 Å². The summed E-state index contributed by atoms with van der Waals surface area (Å²) in [5, 5.41) is 3.59. The van der Waals surface area contributed by atoms with Crippen LogP contribution in [0.1, 0.15) is 25.1 Å². The van der Waals surface area contributed by atoms with E-state index in [0.717, 1.165) is 28.0 Å². The topological polar surface area (TPSA) is 34.0 Å². The van der Waals surface area contributed by atoms with E-state index in [-0.39, 0.29) is 0 Å². The SMILES string of the molecule is C/C=C\C1=C(C)c2nc(N(C)c3cc4c5ccccc5n(-c5ccccc5)c4cc3C)nc3cccc(c23)S1. The van der Waals surface area contributed by atoms with Gasteiger partial charge in [-0.05, 0) is 74.4 Å². The molecule has 0 radical (unpaired) electrons. The van der Waals surface area contributed by atoms with Gasteiger partial charge in [-0.3, -0.25) is 0 Å². The summed E-state index contributed by atoms with van der Waals surface area (Å²) in [6.45, 7) is 6.40. The van der Waals surface area contributed by atoms with Crippen molar-refractivity contribution in [3.05, 3.63) is 113 Å². The Balaban J connectivity index is 1.44. The fourth-order valence-electron chi connectivity index (χ4n) is 5.70. The van der Waals surface area contributed by atoms with Crippen LogP contribution < -0.4 is 4.90 Å². The van der Waals surface area contributed by atoms with Crippen molar-refractivity contribution in [3.8, 4) is 5.69 Å². The predicted molar refractivity (Wildman–Crippen MR) is 166 cm³/mol. The lowest BCUT2D eigenvalue weighted by Crippen LogP contribution is -2.16. The Hall–Kier alpha value is -4.35. The molecule has 2 aromatic heterocycles. The highest BCUT2D eigenvalue weighted by Crippen LogP contribution is 2.45. The largest absolute Gasteiger partial charge is 0.313 e. The van der Waals surface area contributed by atoms with Gasteiger partial charge in [0.1, 0.15) is 0 Å². The van der Waals surface area contributed by atoms with Crippen molar-refractivity contribution in [3.63, 3.8) is 0 Å². The predicted octanol–water partition coefficient (Wildman–Crippen LogP) is 9.22. The number of aromatic nitrogens is 3. The lowest BCUT2D eigenvalue weighted by Gasteiger charge is -2.24. The maximum absolute atomic E-state index is 5.16. The molecular formula is C34H28N4S. The molecule has 0 saturated heterocycles. The number of nitrogens with zero attached hydrogens (tertiary/aromatic N) is 4. The summed E-state index contributed by atoms with van der Waals surface area (Å²) >= 11 is 1.80. The van der Waals surface area contributed by atoms with Crippen LogP contribution in [0, 0.1) is 6.92 Å². The van der Waals surface area contributed by atoms with Crippen LogP contribution in [0.5, 0.6) is 0 Å². The molecule has 0 N–H and O–H groups in total. The third-order valence-electron chi connectivity index (χ3n) is 7.60. The molecule has 0 bridgehead atoms. The number of anilines is 2. The van der Waals surface area contributed by atoms with Crippen LogP contribution in [-0.4, -0.2) is 21.6 Å². The molecule has 1 aliphatic heterocycles. The van der Waals surface area contributed by atoms with Crippen LogP contribution in [0.15, 0.2) is 107 Å². The quantitative estimate of drug-likeness (QED) is 0.230. The first-order valence-corrected chi connectivity index (χ1v) is 14.0. The number of allylic oxidation sites excluding steroid dienone is 3. The van der Waals surface area contributed by atoms with E-state index in [1.807, 2.05) is 0 Å². The molecule has 0 amide bonds. The van der Waals surface area contributed by atoms with Crippen molar-refractivity contribution in [1.82, 2.24) is 14.5 Å². The van der Waals surface area contributed by atoms with E-state index in [9.17, 15) is 0 Å². The first-order valence-electron chi connectivity index (χ1n) is 13.2. The molecule has 3 heterocycles. The van der Waals surface area contributed by atoms with Crippen molar-refractivity contribution in [2.75, 3.05) is 11.9 Å². The molecule has 4 nitrogen and oxygen atoms in total. The Kier molecular flexibility index (Phi) is 5.56. The third kappa shape index (κ3) is 3.68. The minimum Gasteiger partial charge on any atom is -0.313 e. The van der Waals surface area contributed by atoms with Gasteiger partial charge in [-0.2, -0.15) is 0 Å². The smallest absolute Gasteiger partial charge is 0.230 e. The van der Waals surface area contributed by atoms with Crippen LogP contribution >= 0.6 is 11.8 Å². The Morgan fingerprint density at radius 2 is 1.62 bits per heavy atom. The first-order chi connectivity index (χ1) is 19.0. The molecule has 4 aromatic carbocycles. The molecule has 0 unspecified atom stereocenters. The zero-order valence-electron chi connectivity index (χ0n) is 22.4. The number of benzene rings is 4. The Bertz CT molecular complexity index is 1980. The minimum absolute atomic E-state index is 0.704. The van der Waals surface area contributed by atoms with E-state index in [0.29, 0.717) is 5.95 Å². The molecule has 39 heavy (non-hydrogen) atoms. The lowest BCUT2D eigenvalue weighted by molar-refractivity contribution is 1.05. The van der Waals surface area contributed by atoms with Gasteiger partial charge in [0.2, 0.25) is 5.95 Å². The fraction of sp³-hybridized carbons (Fsp3) is 0.118. The van der Waals surface area contributed by atoms with Crippen molar-refractivity contribution in [2.24, 2.45) is 0 Å². The van der Waals surface area contributed by atoms with Gasteiger partial charge >= 0.3 is 0 Å². The van der Waals surface area contributed by atoms with Crippen molar-refractivity contribution >= 4 is 61.7 Å². The molecular weight excluding hydrogens is 496 g/mol. The summed E-state index contributed by atoms with van der Waals surface area (Å²) < 4.78 is 2.36. The minimum atomic E-state index is 0.704. The Morgan fingerprint density at radius 1 is 0.821 bits per heavy atom. The number of hydrogen-bond acceptors (Lipinski definition) is 4. The Labute approximate surface area is 232 Å². The molecule has 0 saturated carbocycles. The molecule has 0 atom stereocenters. The standard InChI is InChI=1S/C34H28N4S/c1-5-12-30-22(3)33-32-26(16-11-18-31(32)39-30)35-34(36-33)37(4)28-20-25-24-15-9-10-17-27(24)38(29(25)19-21(28)2)23-13-7-6-8-14-23/h5-20H,1-4H3/b12-5-. The van der Waals surface area contributed by atoms with Crippen LogP contribution in [0.25, 0.3) is 44.0 Å². The Morgan fingerprint density at radius 3 is 2.44 bits per heavy atom. The number of rotatable bonds is 4. The van der Waals surface area contributed by atoms with Crippen LogP contribution in [0.3, 0.4) is 0 Å². The monoisotopic (exact) mass is 524 g/mol. The highest BCUT2D eigenvalue weighted by molar-refractivity contribution is 8.03. The van der Waals surface area contributed by atoms with Gasteiger partial charge in [0.05, 0.1) is 22.2 Å². The molecule has 190 valence electrons. The number of aryl methyl sites for hydroxylation is 1. The number of thioether (sulfide) groups is 1. The molecule has 0 aliphatic carbocycles. The fourth-order valence-corrected chi connectivity index (χ4v) is 6.84. The summed E-state index contributed by atoms with van der Waals surface area (Å²) in [6.07, 6.45) is 4.27. The highest BCUT2D eigenvalue weighted by atomic mass is 32.2. The van der Waals surface area contributed by atoms with Crippen molar-refractivity contribution in [1.29, 1.82) is 0 Å². The normalized spacial score (nSPS) is 13.3. The van der Waals surface area contributed by atoms with Gasteiger partial charge in [-0.25, -0.2) is 9.97 Å². The maximum Gasteiger partial charge on any atom is 0.230 e. The van der Waals surface area contributed by atoms with Crippen LogP contribution in [0.4, 0.5) is 11.6 Å². The lowest BCUT2D eigenvalue weighted by atomic mass is 10.1. The number of para-hydroxylation sites is 2. The van der Waals surface area contributed by atoms with Gasteiger partial charge in [-0.15, -0.1) is 0 Å². The molecule has 0 fully saturated rings. The maximum atomic E-state index is 5.16. The zero-order chi connectivity index (χ0) is 26.7. The third-order valence-corrected chi connectivity index (χ3v) is 8.82. The molecule has 5 heteroatoms. The number of hydrogen-bond donors (Lipinski definition) is 0. The van der Waals surface area contributed by atoms with E-state index < -0.39 is 0 Å². The second-order valence-electron chi connectivity index (χ2n) is 10.0. The summed E-state index contributed by atoms with van der Waals surface area (Å²) in [7, 11) is 2.08. The van der Waals surface area contributed by atoms with Crippen molar-refractivity contribution in [2.45, 2.75) is 25.7 Å².